The topological polar surface area (TPSA) is 66.8 Å². The van der Waals surface area contributed by atoms with Gasteiger partial charge in [-0.3, -0.25) is 4.79 Å². The van der Waals surface area contributed by atoms with Crippen LogP contribution < -0.4 is 0 Å². The second-order valence-corrected chi connectivity index (χ2v) is 15.7. The quantitative estimate of drug-likeness (QED) is 0.564. The summed E-state index contributed by atoms with van der Waals surface area (Å²) in [6.07, 6.45) is 1.97. The smallest absolute Gasteiger partial charge is 0.193 e. The minimum atomic E-state index is -2.24. The fourth-order valence-electron chi connectivity index (χ4n) is 5.54. The third-order valence-corrected chi connectivity index (χ3v) is 13.0. The van der Waals surface area contributed by atoms with Crippen molar-refractivity contribution in [1.82, 2.24) is 0 Å². The molecule has 2 N–H and O–H groups in total. The number of aliphatic hydroxyl groups is 2. The van der Waals surface area contributed by atoms with Gasteiger partial charge in [-0.25, -0.2) is 0 Å². The molecule has 3 rings (SSSR count). The lowest BCUT2D eigenvalue weighted by atomic mass is 9.41. The molecule has 6 atom stereocenters. The van der Waals surface area contributed by atoms with Crippen molar-refractivity contribution in [2.24, 2.45) is 16.7 Å². The lowest BCUT2D eigenvalue weighted by molar-refractivity contribution is -0.256. The van der Waals surface area contributed by atoms with Gasteiger partial charge < -0.3 is 14.6 Å². The number of Topliss-reactive ketones (excluding diaryl/α,β-unsaturated/α-hetero) is 1. The summed E-state index contributed by atoms with van der Waals surface area (Å²) in [6.45, 7) is 16.9. The predicted molar refractivity (Wildman–Crippen MR) is 105 cm³/mol. The van der Waals surface area contributed by atoms with Crippen LogP contribution in [0.1, 0.15) is 60.8 Å². The molecule has 0 saturated heterocycles. The van der Waals surface area contributed by atoms with Crippen molar-refractivity contribution in [3.05, 3.63) is 11.6 Å². The molecule has 148 valence electrons. The van der Waals surface area contributed by atoms with Crippen molar-refractivity contribution in [2.75, 3.05) is 0 Å². The van der Waals surface area contributed by atoms with Gasteiger partial charge in [0, 0.05) is 23.7 Å². The molecule has 3 aliphatic rings. The summed E-state index contributed by atoms with van der Waals surface area (Å²) in [5.41, 5.74) is -1.32. The Morgan fingerprint density at radius 2 is 1.81 bits per heavy atom. The van der Waals surface area contributed by atoms with E-state index in [1.165, 1.54) is 0 Å². The molecule has 0 spiro atoms. The van der Waals surface area contributed by atoms with Crippen LogP contribution in [-0.2, 0) is 9.22 Å². The van der Waals surface area contributed by atoms with E-state index in [4.69, 9.17) is 4.43 Å². The van der Waals surface area contributed by atoms with Crippen LogP contribution in [0.25, 0.3) is 0 Å². The van der Waals surface area contributed by atoms with Gasteiger partial charge in [-0.1, -0.05) is 46.3 Å². The fourth-order valence-corrected chi connectivity index (χ4v) is 7.13. The van der Waals surface area contributed by atoms with Gasteiger partial charge in [-0.05, 0) is 37.4 Å². The van der Waals surface area contributed by atoms with E-state index in [-0.39, 0.29) is 23.2 Å². The van der Waals surface area contributed by atoms with Crippen molar-refractivity contribution in [3.63, 3.8) is 0 Å². The maximum atomic E-state index is 13.6. The van der Waals surface area contributed by atoms with Crippen LogP contribution in [-0.4, -0.2) is 42.1 Å². The highest BCUT2D eigenvalue weighted by atomic mass is 28.4. The summed E-state index contributed by atoms with van der Waals surface area (Å²) in [5, 5.41) is 22.2. The number of ketones is 1. The van der Waals surface area contributed by atoms with Crippen molar-refractivity contribution >= 4 is 14.1 Å². The first-order valence-electron chi connectivity index (χ1n) is 9.90. The summed E-state index contributed by atoms with van der Waals surface area (Å²) >= 11 is 0. The second kappa shape index (κ2) is 5.53. The minimum Gasteiger partial charge on any atom is -0.403 e. The summed E-state index contributed by atoms with van der Waals surface area (Å²) in [7, 11) is -2.24. The van der Waals surface area contributed by atoms with Crippen LogP contribution >= 0.6 is 0 Å². The lowest BCUT2D eigenvalue weighted by Crippen LogP contribution is -2.77. The van der Waals surface area contributed by atoms with E-state index < -0.39 is 37.0 Å². The number of rotatable bonds is 2. The van der Waals surface area contributed by atoms with Crippen LogP contribution in [0.15, 0.2) is 11.6 Å². The van der Waals surface area contributed by atoms with Gasteiger partial charge in [0.25, 0.3) is 0 Å². The highest BCUT2D eigenvalue weighted by Gasteiger charge is 2.74. The van der Waals surface area contributed by atoms with Crippen molar-refractivity contribution < 1.29 is 19.4 Å². The highest BCUT2D eigenvalue weighted by Crippen LogP contribution is 2.66. The van der Waals surface area contributed by atoms with E-state index in [9.17, 15) is 15.0 Å². The van der Waals surface area contributed by atoms with Gasteiger partial charge in [-0.2, -0.15) is 0 Å². The Bertz CT molecular complexity index is 663. The zero-order chi connectivity index (χ0) is 19.9. The average Bonchev–Trinajstić information content (AvgIpc) is 2.49. The first-order chi connectivity index (χ1) is 11.6. The first kappa shape index (κ1) is 20.2. The second-order valence-electron chi connectivity index (χ2n) is 10.9. The van der Waals surface area contributed by atoms with Crippen LogP contribution in [0.2, 0.25) is 18.1 Å². The van der Waals surface area contributed by atoms with E-state index in [0.29, 0.717) is 12.8 Å². The van der Waals surface area contributed by atoms with Crippen molar-refractivity contribution in [1.29, 1.82) is 0 Å². The van der Waals surface area contributed by atoms with E-state index in [1.807, 2.05) is 13.8 Å². The molecule has 2 unspecified atom stereocenters. The molecule has 0 heterocycles. The van der Waals surface area contributed by atoms with Gasteiger partial charge in [0.05, 0.1) is 12.2 Å². The third-order valence-electron chi connectivity index (χ3n) is 8.50. The average molecular weight is 381 g/mol. The molecule has 26 heavy (non-hydrogen) atoms. The van der Waals surface area contributed by atoms with Gasteiger partial charge >= 0.3 is 0 Å². The van der Waals surface area contributed by atoms with Crippen LogP contribution in [0, 0.1) is 16.7 Å². The largest absolute Gasteiger partial charge is 0.403 e. The van der Waals surface area contributed by atoms with E-state index in [1.54, 1.807) is 0 Å². The fraction of sp³-hybridized carbons (Fsp3) is 0.857. The van der Waals surface area contributed by atoms with Gasteiger partial charge in [-0.15, -0.1) is 0 Å². The number of aliphatic hydroxyl groups excluding tert-OH is 2. The molecule has 4 nitrogen and oxygen atoms in total. The molecule has 0 aromatic rings. The van der Waals surface area contributed by atoms with Gasteiger partial charge in [0.2, 0.25) is 0 Å². The van der Waals surface area contributed by atoms with Gasteiger partial charge in [0.1, 0.15) is 5.60 Å². The summed E-state index contributed by atoms with van der Waals surface area (Å²) in [4.78, 5) is 13.6. The molecule has 2 saturated carbocycles. The Labute approximate surface area is 159 Å². The SMILES string of the molecule is CC1=CC[C@@]2(O[Si](C)(C)C(C)(C)C)C(=O)CC3(C)[C@@H](O)C2(C)[C@H]1C[C@@H]3O. The van der Waals surface area contributed by atoms with Crippen molar-refractivity contribution in [2.45, 2.75) is 96.7 Å². The molecular formula is C21H36O4Si. The summed E-state index contributed by atoms with van der Waals surface area (Å²) in [6, 6.07) is 0. The summed E-state index contributed by atoms with van der Waals surface area (Å²) < 4.78 is 6.90. The van der Waals surface area contributed by atoms with Crippen LogP contribution in [0.4, 0.5) is 0 Å². The number of hydrogen-bond donors (Lipinski definition) is 2. The minimum absolute atomic E-state index is 0.0238. The van der Waals surface area contributed by atoms with Crippen LogP contribution in [0.5, 0.6) is 0 Å². The molecule has 2 fully saturated rings. The number of carbonyl (C=O) groups excluding carboxylic acids is 1. The van der Waals surface area contributed by atoms with Crippen LogP contribution in [0.3, 0.4) is 0 Å². The molecule has 0 aliphatic heterocycles. The Kier molecular flexibility index (Phi) is 4.30. The maximum absolute atomic E-state index is 13.6. The monoisotopic (exact) mass is 380 g/mol. The molecular weight excluding hydrogens is 344 g/mol. The molecule has 0 amide bonds. The van der Waals surface area contributed by atoms with E-state index in [0.717, 1.165) is 5.57 Å². The Morgan fingerprint density at radius 3 is 2.35 bits per heavy atom. The van der Waals surface area contributed by atoms with Gasteiger partial charge in [0.15, 0.2) is 14.1 Å². The zero-order valence-electron chi connectivity index (χ0n) is 17.6. The number of carbonyl (C=O) groups is 1. The standard InChI is InChI=1S/C21H36O4Si/c1-13-9-10-21(25-26(7,8)18(2,3)4)16(23)12-19(5)15(22)11-14(13)20(21,6)17(19)24/h9,14-15,17,22,24H,10-12H2,1-8H3/t14-,15-,17+,19?,20?,21+/m0/s1. The molecule has 0 radical (unpaired) electrons. The Hall–Kier alpha value is -0.493. The molecule has 5 heteroatoms. The van der Waals surface area contributed by atoms with E-state index in [2.05, 4.69) is 46.9 Å². The maximum Gasteiger partial charge on any atom is 0.193 e. The third kappa shape index (κ3) is 2.26. The van der Waals surface area contributed by atoms with Crippen molar-refractivity contribution in [3.8, 4) is 0 Å². The Morgan fingerprint density at radius 1 is 1.23 bits per heavy atom. The lowest BCUT2D eigenvalue weighted by Gasteiger charge is -2.68. The Balaban J connectivity index is 2.20. The highest BCUT2D eigenvalue weighted by molar-refractivity contribution is 6.74. The summed E-state index contributed by atoms with van der Waals surface area (Å²) in [5.74, 6) is 0.0217. The number of allylic oxidation sites excluding steroid dienone is 1. The molecule has 3 aliphatic carbocycles. The number of fused-ring (bicyclic) bond motifs is 1. The normalized spacial score (nSPS) is 46.2. The first-order valence-corrected chi connectivity index (χ1v) is 12.8. The van der Waals surface area contributed by atoms with E-state index >= 15 is 0 Å². The molecule has 2 bridgehead atoms. The number of hydrogen-bond acceptors (Lipinski definition) is 4. The zero-order valence-corrected chi connectivity index (χ0v) is 18.6. The molecule has 0 aromatic heterocycles. The predicted octanol–water partition coefficient (Wildman–Crippen LogP) is 3.82. The molecule has 0 aromatic carbocycles.